The quantitative estimate of drug-likeness (QED) is 0.484. The van der Waals surface area contributed by atoms with Crippen LogP contribution in [0.15, 0.2) is 89.1 Å². The normalized spacial score (nSPS) is 16.6. The van der Waals surface area contributed by atoms with Crippen molar-refractivity contribution in [1.29, 1.82) is 0 Å². The number of halogens is 2. The molecule has 3 nitrogen and oxygen atoms in total. The molecule has 5 heteroatoms. The summed E-state index contributed by atoms with van der Waals surface area (Å²) in [5, 5.41) is 11.4. The van der Waals surface area contributed by atoms with Crippen LogP contribution in [0.2, 0.25) is 5.02 Å². The van der Waals surface area contributed by atoms with Gasteiger partial charge in [0.15, 0.2) is 5.76 Å². The summed E-state index contributed by atoms with van der Waals surface area (Å²) in [5.41, 5.74) is 3.48. The molecule has 4 rings (SSSR count). The second-order valence-electron chi connectivity index (χ2n) is 6.96. The van der Waals surface area contributed by atoms with E-state index in [0.29, 0.717) is 23.6 Å². The fraction of sp³-hybridized carbons (Fsp3) is 0.125. The van der Waals surface area contributed by atoms with E-state index in [4.69, 9.17) is 11.6 Å². The largest absolute Gasteiger partial charge is 0.503 e. The van der Waals surface area contributed by atoms with Gasteiger partial charge in [0.1, 0.15) is 0 Å². The van der Waals surface area contributed by atoms with Crippen LogP contribution in [0.4, 0.5) is 0 Å². The maximum atomic E-state index is 13.0. The van der Waals surface area contributed by atoms with Gasteiger partial charge in [-0.25, -0.2) is 0 Å². The van der Waals surface area contributed by atoms with Crippen LogP contribution in [-0.4, -0.2) is 22.5 Å². The van der Waals surface area contributed by atoms with Crippen LogP contribution in [0.25, 0.3) is 5.57 Å². The Kier molecular flexibility index (Phi) is 5.74. The first-order valence-corrected chi connectivity index (χ1v) is 10.5. The Bertz CT molecular complexity index is 1060. The summed E-state index contributed by atoms with van der Waals surface area (Å²) in [7, 11) is 0. The first kappa shape index (κ1) is 19.7. The predicted molar refractivity (Wildman–Crippen MR) is 120 cm³/mol. The molecule has 3 aromatic carbocycles. The number of nitrogens with zero attached hydrogens (tertiary/aromatic N) is 1. The highest BCUT2D eigenvalue weighted by molar-refractivity contribution is 9.10. The number of carbonyl (C=O) groups excluding carboxylic acids is 1. The molecule has 1 N–H and O–H groups in total. The van der Waals surface area contributed by atoms with E-state index < -0.39 is 0 Å². The molecule has 1 aliphatic rings. The van der Waals surface area contributed by atoms with Crippen molar-refractivity contribution < 1.29 is 9.90 Å². The summed E-state index contributed by atoms with van der Waals surface area (Å²) in [6, 6.07) is 24.7. The van der Waals surface area contributed by atoms with Crippen molar-refractivity contribution in [3.8, 4) is 0 Å². The van der Waals surface area contributed by atoms with Gasteiger partial charge in [-0.05, 0) is 47.4 Å². The summed E-state index contributed by atoms with van der Waals surface area (Å²) in [6.07, 6.45) is 0.707. The Morgan fingerprint density at radius 2 is 1.69 bits per heavy atom. The molecule has 1 heterocycles. The van der Waals surface area contributed by atoms with Gasteiger partial charge in [-0.2, -0.15) is 0 Å². The topological polar surface area (TPSA) is 40.5 Å². The Hall–Kier alpha value is -2.56. The number of rotatable bonds is 5. The third-order valence-electron chi connectivity index (χ3n) is 5.11. The smallest absolute Gasteiger partial charge is 0.289 e. The average Bonchev–Trinajstić information content (AvgIpc) is 2.98. The first-order chi connectivity index (χ1) is 14.0. The van der Waals surface area contributed by atoms with Crippen LogP contribution >= 0.6 is 27.5 Å². The van der Waals surface area contributed by atoms with Crippen molar-refractivity contribution in [1.82, 2.24) is 4.90 Å². The number of benzene rings is 3. The third kappa shape index (κ3) is 4.09. The van der Waals surface area contributed by atoms with Gasteiger partial charge in [0.25, 0.3) is 5.91 Å². The maximum absolute atomic E-state index is 13.0. The lowest BCUT2D eigenvalue weighted by Crippen LogP contribution is -2.32. The Labute approximate surface area is 183 Å². The zero-order chi connectivity index (χ0) is 20.4. The van der Waals surface area contributed by atoms with Crippen molar-refractivity contribution in [2.75, 3.05) is 6.54 Å². The number of amides is 1. The molecule has 0 radical (unpaired) electrons. The zero-order valence-electron chi connectivity index (χ0n) is 15.6. The molecule has 0 unspecified atom stereocenters. The number of aliphatic hydroxyl groups is 1. The third-order valence-corrected chi connectivity index (χ3v) is 5.85. The average molecular weight is 469 g/mol. The summed E-state index contributed by atoms with van der Waals surface area (Å²) in [4.78, 5) is 14.8. The van der Waals surface area contributed by atoms with Gasteiger partial charge < -0.3 is 10.0 Å². The first-order valence-electron chi connectivity index (χ1n) is 9.34. The standard InChI is InChI=1S/C24H19BrClNO2/c25-19-8-4-7-18(15-19)22-21(17-9-11-20(26)12-10-17)23(28)24(29)27(22)14-13-16-5-2-1-3-6-16/h1-12,15,22,28H,13-14H2/t22-/m1/s1. The molecule has 0 saturated carbocycles. The van der Waals surface area contributed by atoms with E-state index in [0.717, 1.165) is 21.2 Å². The number of aliphatic hydroxyl groups excluding tert-OH is 1. The molecule has 0 bridgehead atoms. The van der Waals surface area contributed by atoms with Gasteiger partial charge >= 0.3 is 0 Å². The second-order valence-corrected chi connectivity index (χ2v) is 8.31. The van der Waals surface area contributed by atoms with Gasteiger partial charge in [-0.3, -0.25) is 4.79 Å². The number of hydrogen-bond donors (Lipinski definition) is 1. The lowest BCUT2D eigenvalue weighted by atomic mass is 9.93. The van der Waals surface area contributed by atoms with Crippen LogP contribution in [0.1, 0.15) is 22.7 Å². The van der Waals surface area contributed by atoms with Crippen LogP contribution in [0.5, 0.6) is 0 Å². The zero-order valence-corrected chi connectivity index (χ0v) is 17.9. The Morgan fingerprint density at radius 1 is 0.966 bits per heavy atom. The van der Waals surface area contributed by atoms with Gasteiger partial charge in [0.05, 0.1) is 6.04 Å². The Balaban J connectivity index is 1.74. The molecule has 0 fully saturated rings. The number of carbonyl (C=O) groups is 1. The van der Waals surface area contributed by atoms with E-state index in [1.54, 1.807) is 17.0 Å². The summed E-state index contributed by atoms with van der Waals surface area (Å²) in [5.74, 6) is -0.554. The fourth-order valence-corrected chi connectivity index (χ4v) is 4.27. The van der Waals surface area contributed by atoms with Crippen molar-refractivity contribution >= 4 is 39.0 Å². The van der Waals surface area contributed by atoms with E-state index >= 15 is 0 Å². The minimum Gasteiger partial charge on any atom is -0.503 e. The Morgan fingerprint density at radius 3 is 2.38 bits per heavy atom. The lowest BCUT2D eigenvalue weighted by molar-refractivity contribution is -0.129. The van der Waals surface area contributed by atoms with Gasteiger partial charge in [0.2, 0.25) is 0 Å². The monoisotopic (exact) mass is 467 g/mol. The highest BCUT2D eigenvalue weighted by atomic mass is 79.9. The predicted octanol–water partition coefficient (Wildman–Crippen LogP) is 6.20. The second kappa shape index (κ2) is 8.44. The molecule has 0 aromatic heterocycles. The SMILES string of the molecule is O=C1C(O)=C(c2ccc(Cl)cc2)[C@@H](c2cccc(Br)c2)N1CCc1ccccc1. The van der Waals surface area contributed by atoms with Crippen molar-refractivity contribution in [2.45, 2.75) is 12.5 Å². The van der Waals surface area contributed by atoms with Gasteiger partial charge in [0, 0.05) is 21.6 Å². The number of hydrogen-bond acceptors (Lipinski definition) is 2. The molecule has 1 amide bonds. The molecule has 0 aliphatic carbocycles. The minimum absolute atomic E-state index is 0.203. The highest BCUT2D eigenvalue weighted by Crippen LogP contribution is 2.43. The summed E-state index contributed by atoms with van der Waals surface area (Å²) < 4.78 is 0.923. The van der Waals surface area contributed by atoms with E-state index in [-0.39, 0.29) is 17.7 Å². The van der Waals surface area contributed by atoms with E-state index in [9.17, 15) is 9.90 Å². The van der Waals surface area contributed by atoms with Crippen LogP contribution in [0.3, 0.4) is 0 Å². The molecule has 1 aliphatic heterocycles. The van der Waals surface area contributed by atoms with Gasteiger partial charge in [-0.1, -0.05) is 82.1 Å². The van der Waals surface area contributed by atoms with E-state index in [1.807, 2.05) is 66.7 Å². The molecular formula is C24H19BrClNO2. The maximum Gasteiger partial charge on any atom is 0.289 e. The molecule has 0 spiro atoms. The summed E-state index contributed by atoms with van der Waals surface area (Å²) >= 11 is 9.56. The summed E-state index contributed by atoms with van der Waals surface area (Å²) in [6.45, 7) is 0.501. The van der Waals surface area contributed by atoms with E-state index in [2.05, 4.69) is 15.9 Å². The van der Waals surface area contributed by atoms with Gasteiger partial charge in [-0.15, -0.1) is 0 Å². The van der Waals surface area contributed by atoms with Crippen LogP contribution < -0.4 is 0 Å². The minimum atomic E-state index is -0.370. The molecule has 146 valence electrons. The molecule has 3 aromatic rings. The lowest BCUT2D eigenvalue weighted by Gasteiger charge is -2.27. The van der Waals surface area contributed by atoms with Crippen LogP contribution in [0, 0.1) is 0 Å². The molecular weight excluding hydrogens is 450 g/mol. The van der Waals surface area contributed by atoms with Crippen LogP contribution in [-0.2, 0) is 11.2 Å². The molecule has 29 heavy (non-hydrogen) atoms. The highest BCUT2D eigenvalue weighted by Gasteiger charge is 2.40. The fourth-order valence-electron chi connectivity index (χ4n) is 3.73. The van der Waals surface area contributed by atoms with Crippen molar-refractivity contribution in [3.63, 3.8) is 0 Å². The van der Waals surface area contributed by atoms with Crippen molar-refractivity contribution in [2.24, 2.45) is 0 Å². The van der Waals surface area contributed by atoms with E-state index in [1.165, 1.54) is 0 Å². The molecule has 1 atom stereocenters. The van der Waals surface area contributed by atoms with Crippen molar-refractivity contribution in [3.05, 3.63) is 111 Å². The molecule has 0 saturated heterocycles.